The van der Waals surface area contributed by atoms with E-state index < -0.39 is 0 Å². The molecule has 0 amide bonds. The minimum Gasteiger partial charge on any atom is -0.373 e. The maximum Gasteiger partial charge on any atom is 0.159 e. The van der Waals surface area contributed by atoms with Gasteiger partial charge in [-0.15, -0.1) is 0 Å². The van der Waals surface area contributed by atoms with Crippen LogP contribution in [0, 0.1) is 13.8 Å². The van der Waals surface area contributed by atoms with E-state index in [4.69, 9.17) is 9.84 Å². The van der Waals surface area contributed by atoms with Crippen LogP contribution in [0.1, 0.15) is 62.3 Å². The first-order valence-electron chi connectivity index (χ1n) is 10.2. The van der Waals surface area contributed by atoms with Crippen LogP contribution in [-0.4, -0.2) is 20.5 Å². The lowest BCUT2D eigenvalue weighted by atomic mass is 9.86. The van der Waals surface area contributed by atoms with Gasteiger partial charge in [0.1, 0.15) is 0 Å². The van der Waals surface area contributed by atoms with Crippen LogP contribution in [0.25, 0.3) is 5.82 Å². The second kappa shape index (κ2) is 7.25. The van der Waals surface area contributed by atoms with Crippen molar-refractivity contribution < 1.29 is 4.74 Å². The molecule has 2 aromatic heterocycles. The Balaban J connectivity index is 1.50. The van der Waals surface area contributed by atoms with E-state index in [-0.39, 0.29) is 5.41 Å². The summed E-state index contributed by atoms with van der Waals surface area (Å²) in [4.78, 5) is 0. The van der Waals surface area contributed by atoms with Gasteiger partial charge in [-0.1, -0.05) is 51.1 Å². The quantitative estimate of drug-likeness (QED) is 0.587. The molecular weight excluding hydrogens is 346 g/mol. The van der Waals surface area contributed by atoms with Crippen molar-refractivity contribution in [3.05, 3.63) is 71.2 Å². The van der Waals surface area contributed by atoms with E-state index in [1.165, 1.54) is 22.6 Å². The Morgan fingerprint density at radius 3 is 2.25 bits per heavy atom. The van der Waals surface area contributed by atoms with Gasteiger partial charge >= 0.3 is 0 Å². The molecule has 0 atom stereocenters. The maximum atomic E-state index is 6.11. The van der Waals surface area contributed by atoms with Crippen LogP contribution in [0.2, 0.25) is 0 Å². The second-order valence-electron chi connectivity index (χ2n) is 9.08. The van der Waals surface area contributed by atoms with Gasteiger partial charge in [-0.3, -0.25) is 4.68 Å². The van der Waals surface area contributed by atoms with Crippen molar-refractivity contribution in [3.63, 3.8) is 0 Å². The molecule has 0 saturated heterocycles. The van der Waals surface area contributed by atoms with E-state index in [0.29, 0.717) is 18.8 Å². The summed E-state index contributed by atoms with van der Waals surface area (Å²) in [5.74, 6) is 1.03. The first-order chi connectivity index (χ1) is 13.3. The molecule has 28 heavy (non-hydrogen) atoms. The summed E-state index contributed by atoms with van der Waals surface area (Å²) in [5.41, 5.74) is 5.03. The van der Waals surface area contributed by atoms with E-state index in [1.807, 2.05) is 6.07 Å². The maximum absolute atomic E-state index is 6.11. The number of hydrogen-bond donors (Lipinski definition) is 0. The van der Waals surface area contributed by atoms with E-state index in [9.17, 15) is 0 Å². The zero-order valence-electron chi connectivity index (χ0n) is 17.6. The highest BCUT2D eigenvalue weighted by atomic mass is 16.5. The summed E-state index contributed by atoms with van der Waals surface area (Å²) in [6, 6.07) is 17.4. The first kappa shape index (κ1) is 19.0. The summed E-state index contributed by atoms with van der Waals surface area (Å²) in [7, 11) is 0. The van der Waals surface area contributed by atoms with Gasteiger partial charge in [0, 0.05) is 28.6 Å². The lowest BCUT2D eigenvalue weighted by Gasteiger charge is -2.37. The van der Waals surface area contributed by atoms with Crippen LogP contribution in [0.5, 0.6) is 0 Å². The average molecular weight is 378 g/mol. The normalized spacial score (nSPS) is 19.6. The molecule has 3 aromatic rings. The second-order valence-corrected chi connectivity index (χ2v) is 9.08. The van der Waals surface area contributed by atoms with Gasteiger partial charge in [-0.2, -0.15) is 5.10 Å². The fourth-order valence-electron chi connectivity index (χ4n) is 4.02. The largest absolute Gasteiger partial charge is 0.373 e. The number of hydrogen-bond acceptors (Lipinski definition) is 2. The van der Waals surface area contributed by atoms with Gasteiger partial charge in [0.15, 0.2) is 5.82 Å². The molecular formula is C24H31N3O. The highest BCUT2D eigenvalue weighted by Gasteiger charge is 2.35. The third-order valence-electron chi connectivity index (χ3n) is 5.74. The number of rotatable bonds is 5. The number of benzene rings is 1. The molecule has 1 fully saturated rings. The van der Waals surface area contributed by atoms with Crippen molar-refractivity contribution in [2.45, 2.75) is 71.6 Å². The molecule has 148 valence electrons. The Morgan fingerprint density at radius 2 is 1.64 bits per heavy atom. The van der Waals surface area contributed by atoms with Gasteiger partial charge < -0.3 is 9.30 Å². The number of nitrogens with zero attached hydrogens (tertiary/aromatic N) is 3. The summed E-state index contributed by atoms with van der Waals surface area (Å²) in [5, 5.41) is 5.04. The van der Waals surface area contributed by atoms with Crippen LogP contribution in [-0.2, 0) is 16.8 Å². The van der Waals surface area contributed by atoms with E-state index in [0.717, 1.165) is 18.7 Å². The zero-order chi connectivity index (χ0) is 19.9. The van der Waals surface area contributed by atoms with Crippen molar-refractivity contribution in [3.8, 4) is 5.82 Å². The summed E-state index contributed by atoms with van der Waals surface area (Å²) in [6.45, 7) is 11.8. The van der Waals surface area contributed by atoms with Crippen molar-refractivity contribution >= 4 is 0 Å². The monoisotopic (exact) mass is 377 g/mol. The van der Waals surface area contributed by atoms with E-state index in [1.54, 1.807) is 0 Å². The minimum atomic E-state index is 0.0518. The molecule has 0 spiro atoms. The van der Waals surface area contributed by atoms with Crippen molar-refractivity contribution in [1.82, 2.24) is 14.3 Å². The smallest absolute Gasteiger partial charge is 0.159 e. The molecule has 1 aliphatic carbocycles. The number of aromatic nitrogens is 3. The fourth-order valence-corrected chi connectivity index (χ4v) is 4.02. The zero-order valence-corrected chi connectivity index (χ0v) is 17.6. The fraction of sp³-hybridized carbons (Fsp3) is 0.458. The van der Waals surface area contributed by atoms with Crippen LogP contribution in [0.4, 0.5) is 0 Å². The predicted octanol–water partition coefficient (Wildman–Crippen LogP) is 5.51. The Bertz CT molecular complexity index is 921. The third-order valence-corrected chi connectivity index (χ3v) is 5.74. The lowest BCUT2D eigenvalue weighted by Crippen LogP contribution is -2.36. The Labute approximate surface area is 168 Å². The lowest BCUT2D eigenvalue weighted by molar-refractivity contribution is -0.0394. The summed E-state index contributed by atoms with van der Waals surface area (Å²) < 4.78 is 10.6. The standard InChI is InChI=1S/C24H31N3O/c1-17-11-12-18(2)26(17)23-15-22(24(3,4)5)27(25-23)20-13-21(14-20)28-16-19-9-7-6-8-10-19/h6-12,15,20-21H,13-14,16H2,1-5H3/t20-,21-. The van der Waals surface area contributed by atoms with Gasteiger partial charge in [-0.05, 0) is 44.4 Å². The highest BCUT2D eigenvalue weighted by Crippen LogP contribution is 2.38. The Hall–Kier alpha value is -2.33. The van der Waals surface area contributed by atoms with E-state index >= 15 is 0 Å². The molecule has 0 bridgehead atoms. The molecule has 0 unspecified atom stereocenters. The SMILES string of the molecule is Cc1ccc(C)n1-c1cc(C(C)(C)C)n([C@H]2C[C@H](OCc3ccccc3)C2)n1. The molecule has 4 nitrogen and oxygen atoms in total. The molecule has 4 rings (SSSR count). The number of aryl methyl sites for hydroxylation is 2. The summed E-state index contributed by atoms with van der Waals surface area (Å²) in [6.07, 6.45) is 2.38. The van der Waals surface area contributed by atoms with Gasteiger partial charge in [0.05, 0.1) is 18.8 Å². The molecule has 1 aliphatic rings. The third kappa shape index (κ3) is 3.66. The molecule has 0 radical (unpaired) electrons. The van der Waals surface area contributed by atoms with Crippen LogP contribution < -0.4 is 0 Å². The van der Waals surface area contributed by atoms with Gasteiger partial charge in [0.25, 0.3) is 0 Å². The summed E-state index contributed by atoms with van der Waals surface area (Å²) >= 11 is 0. The van der Waals surface area contributed by atoms with E-state index in [2.05, 4.69) is 86.3 Å². The van der Waals surface area contributed by atoms with Crippen molar-refractivity contribution in [2.75, 3.05) is 0 Å². The molecule has 1 saturated carbocycles. The molecule has 4 heteroatoms. The van der Waals surface area contributed by atoms with Crippen molar-refractivity contribution in [1.29, 1.82) is 0 Å². The first-order valence-corrected chi connectivity index (χ1v) is 10.2. The minimum absolute atomic E-state index is 0.0518. The van der Waals surface area contributed by atoms with Crippen LogP contribution in [0.15, 0.2) is 48.5 Å². The Kier molecular flexibility index (Phi) is 4.92. The average Bonchev–Trinajstić information content (AvgIpc) is 3.18. The van der Waals surface area contributed by atoms with Crippen LogP contribution in [0.3, 0.4) is 0 Å². The molecule has 0 N–H and O–H groups in total. The van der Waals surface area contributed by atoms with Gasteiger partial charge in [-0.25, -0.2) is 0 Å². The molecule has 0 aliphatic heterocycles. The molecule has 2 heterocycles. The number of ether oxygens (including phenoxy) is 1. The Morgan fingerprint density at radius 1 is 1.00 bits per heavy atom. The van der Waals surface area contributed by atoms with Crippen LogP contribution >= 0.6 is 0 Å². The predicted molar refractivity (Wildman–Crippen MR) is 113 cm³/mol. The molecule has 1 aromatic carbocycles. The highest BCUT2D eigenvalue weighted by molar-refractivity contribution is 5.35. The topological polar surface area (TPSA) is 32.0 Å². The van der Waals surface area contributed by atoms with Gasteiger partial charge in [0.2, 0.25) is 0 Å². The van der Waals surface area contributed by atoms with Crippen molar-refractivity contribution in [2.24, 2.45) is 0 Å².